The van der Waals surface area contributed by atoms with Crippen molar-refractivity contribution in [2.75, 3.05) is 5.32 Å². The van der Waals surface area contributed by atoms with E-state index in [2.05, 4.69) is 10.1 Å². The van der Waals surface area contributed by atoms with Crippen molar-refractivity contribution < 1.29 is 31.1 Å². The van der Waals surface area contributed by atoms with E-state index < -0.39 is 30.8 Å². The molecule has 0 heterocycles. The quantitative estimate of drug-likeness (QED) is 0.736. The Bertz CT molecular complexity index is 443. The first-order valence-electron chi connectivity index (χ1n) is 6.25. The lowest BCUT2D eigenvalue weighted by molar-refractivity contribution is -0.274. The van der Waals surface area contributed by atoms with Gasteiger partial charge in [-0.15, -0.1) is 13.2 Å². The number of nitrogens with one attached hydrogen (secondary N) is 1. The van der Waals surface area contributed by atoms with E-state index in [1.807, 2.05) is 0 Å². The number of anilines is 1. The van der Waals surface area contributed by atoms with Gasteiger partial charge >= 0.3 is 12.5 Å². The van der Waals surface area contributed by atoms with Crippen LogP contribution in [0.3, 0.4) is 0 Å². The third-order valence-electron chi connectivity index (χ3n) is 2.61. The van der Waals surface area contributed by atoms with E-state index in [-0.39, 0.29) is 18.5 Å². The molecule has 8 heteroatoms. The number of rotatable bonds is 6. The molecule has 1 N–H and O–H groups in total. The lowest BCUT2D eigenvalue weighted by Crippen LogP contribution is -2.21. The fraction of sp³-hybridized carbons (Fsp3) is 0.538. The van der Waals surface area contributed by atoms with Gasteiger partial charge in [-0.1, -0.05) is 12.1 Å². The molecule has 0 saturated heterocycles. The van der Waals surface area contributed by atoms with Crippen LogP contribution in [0.4, 0.5) is 32.0 Å². The highest BCUT2D eigenvalue weighted by atomic mass is 19.4. The molecular weight excluding hydrogens is 300 g/mol. The van der Waals surface area contributed by atoms with Crippen LogP contribution in [0, 0.1) is 0 Å². The maximum Gasteiger partial charge on any atom is 0.573 e. The van der Waals surface area contributed by atoms with E-state index in [0.717, 1.165) is 6.07 Å². The summed E-state index contributed by atoms with van der Waals surface area (Å²) in [5, 5.41) is 2.73. The van der Waals surface area contributed by atoms with Crippen LogP contribution in [-0.2, 0) is 0 Å². The Morgan fingerprint density at radius 2 is 1.71 bits per heavy atom. The second-order valence-electron chi connectivity index (χ2n) is 4.60. The molecule has 0 aliphatic carbocycles. The Morgan fingerprint density at radius 1 is 1.10 bits per heavy atom. The monoisotopic (exact) mass is 315 g/mol. The van der Waals surface area contributed by atoms with E-state index in [0.29, 0.717) is 0 Å². The predicted molar refractivity (Wildman–Crippen MR) is 66.1 cm³/mol. The zero-order valence-electron chi connectivity index (χ0n) is 11.2. The average molecular weight is 315 g/mol. The van der Waals surface area contributed by atoms with Gasteiger partial charge in [0.2, 0.25) is 0 Å². The minimum Gasteiger partial charge on any atom is -0.404 e. The van der Waals surface area contributed by atoms with Gasteiger partial charge in [0.15, 0.2) is 5.75 Å². The van der Waals surface area contributed by atoms with Crippen molar-refractivity contribution in [3.63, 3.8) is 0 Å². The lowest BCUT2D eigenvalue weighted by Gasteiger charge is -2.19. The molecule has 0 aliphatic heterocycles. The third-order valence-corrected chi connectivity index (χ3v) is 2.61. The van der Waals surface area contributed by atoms with Crippen LogP contribution >= 0.6 is 0 Å². The van der Waals surface area contributed by atoms with Gasteiger partial charge in [-0.3, -0.25) is 0 Å². The standard InChI is InChI=1S/C13H15F6NO/c1-9(5-4-8-12(14,15)16)20-10-6-2-3-7-11(10)21-13(17,18)19/h2-3,6-7,9,20H,4-5,8H2,1H3. The predicted octanol–water partition coefficient (Wildman–Crippen LogP) is 5.12. The highest BCUT2D eigenvalue weighted by molar-refractivity contribution is 5.56. The number of hydrogen-bond donors (Lipinski definition) is 1. The summed E-state index contributed by atoms with van der Waals surface area (Å²) in [6.07, 6.45) is -9.88. The van der Waals surface area contributed by atoms with Crippen LogP contribution < -0.4 is 10.1 Å². The SMILES string of the molecule is CC(CCCC(F)(F)F)Nc1ccccc1OC(F)(F)F. The van der Waals surface area contributed by atoms with Gasteiger partial charge in [0.05, 0.1) is 5.69 Å². The highest BCUT2D eigenvalue weighted by Gasteiger charge is 2.32. The molecule has 0 amide bonds. The average Bonchev–Trinajstić information content (AvgIpc) is 2.28. The van der Waals surface area contributed by atoms with Gasteiger partial charge in [0.1, 0.15) is 0 Å². The van der Waals surface area contributed by atoms with Gasteiger partial charge < -0.3 is 10.1 Å². The molecule has 1 aromatic rings. The van der Waals surface area contributed by atoms with Crippen LogP contribution in [0.5, 0.6) is 5.75 Å². The molecule has 1 aromatic carbocycles. The van der Waals surface area contributed by atoms with Crippen LogP contribution in [0.2, 0.25) is 0 Å². The summed E-state index contributed by atoms with van der Waals surface area (Å²) in [5.41, 5.74) is 0.0920. The van der Waals surface area contributed by atoms with Crippen molar-refractivity contribution in [1.29, 1.82) is 0 Å². The molecule has 1 atom stereocenters. The van der Waals surface area contributed by atoms with Crippen molar-refractivity contribution in [3.05, 3.63) is 24.3 Å². The van der Waals surface area contributed by atoms with Gasteiger partial charge in [-0.05, 0) is 31.9 Å². The van der Waals surface area contributed by atoms with E-state index in [4.69, 9.17) is 0 Å². The van der Waals surface area contributed by atoms with Crippen molar-refractivity contribution in [3.8, 4) is 5.75 Å². The summed E-state index contributed by atoms with van der Waals surface area (Å²) in [7, 11) is 0. The molecule has 0 fully saturated rings. The fourth-order valence-electron chi connectivity index (χ4n) is 1.75. The molecule has 0 aliphatic rings. The van der Waals surface area contributed by atoms with E-state index in [1.54, 1.807) is 6.92 Å². The maximum atomic E-state index is 12.2. The van der Waals surface area contributed by atoms with Gasteiger partial charge in [-0.25, -0.2) is 0 Å². The number of alkyl halides is 6. The molecule has 120 valence electrons. The van der Waals surface area contributed by atoms with Crippen molar-refractivity contribution in [1.82, 2.24) is 0 Å². The number of benzene rings is 1. The van der Waals surface area contributed by atoms with Crippen molar-refractivity contribution in [2.24, 2.45) is 0 Å². The summed E-state index contributed by atoms with van der Waals surface area (Å²) in [5.74, 6) is -0.410. The first kappa shape index (κ1) is 17.5. The molecule has 1 unspecified atom stereocenters. The first-order chi connectivity index (χ1) is 9.57. The summed E-state index contributed by atoms with van der Waals surface area (Å²) in [6, 6.07) is 4.99. The Balaban J connectivity index is 2.58. The summed E-state index contributed by atoms with van der Waals surface area (Å²) >= 11 is 0. The lowest BCUT2D eigenvalue weighted by atomic mass is 10.1. The maximum absolute atomic E-state index is 12.2. The molecular formula is C13H15F6NO. The van der Waals surface area contributed by atoms with E-state index in [9.17, 15) is 26.3 Å². The fourth-order valence-corrected chi connectivity index (χ4v) is 1.75. The number of halogens is 6. The minimum atomic E-state index is -4.82. The number of ether oxygens (including phenoxy) is 1. The van der Waals surface area contributed by atoms with Crippen LogP contribution in [0.1, 0.15) is 26.2 Å². The normalized spacial score (nSPS) is 13.9. The first-order valence-corrected chi connectivity index (χ1v) is 6.25. The molecule has 21 heavy (non-hydrogen) atoms. The molecule has 2 nitrogen and oxygen atoms in total. The van der Waals surface area contributed by atoms with Crippen molar-refractivity contribution >= 4 is 5.69 Å². The molecule has 0 spiro atoms. The van der Waals surface area contributed by atoms with Crippen LogP contribution in [0.15, 0.2) is 24.3 Å². The van der Waals surface area contributed by atoms with Gasteiger partial charge in [0, 0.05) is 12.5 Å². The minimum absolute atomic E-state index is 0.0920. The zero-order valence-corrected chi connectivity index (χ0v) is 11.2. The molecule has 0 bridgehead atoms. The summed E-state index contributed by atoms with van der Waals surface area (Å²) in [4.78, 5) is 0. The van der Waals surface area contributed by atoms with Gasteiger partial charge in [0.25, 0.3) is 0 Å². The Morgan fingerprint density at radius 3 is 2.29 bits per heavy atom. The van der Waals surface area contributed by atoms with E-state index in [1.165, 1.54) is 18.2 Å². The molecule has 0 radical (unpaired) electrons. The topological polar surface area (TPSA) is 21.3 Å². The van der Waals surface area contributed by atoms with E-state index >= 15 is 0 Å². The Labute approximate surface area is 118 Å². The van der Waals surface area contributed by atoms with Crippen molar-refractivity contribution in [2.45, 2.75) is 44.8 Å². The van der Waals surface area contributed by atoms with Crippen LogP contribution in [-0.4, -0.2) is 18.6 Å². The highest BCUT2D eigenvalue weighted by Crippen LogP contribution is 2.31. The number of para-hydroxylation sites is 2. The zero-order chi connectivity index (χ0) is 16.1. The molecule has 1 rings (SSSR count). The Hall–Kier alpha value is -1.60. The van der Waals surface area contributed by atoms with Crippen LogP contribution in [0.25, 0.3) is 0 Å². The largest absolute Gasteiger partial charge is 0.573 e. The second-order valence-corrected chi connectivity index (χ2v) is 4.60. The third kappa shape index (κ3) is 7.67. The Kier molecular flexibility index (Phi) is 5.74. The molecule has 0 aromatic heterocycles. The number of hydrogen-bond acceptors (Lipinski definition) is 2. The summed E-state index contributed by atoms with van der Waals surface area (Å²) in [6.45, 7) is 1.60. The summed E-state index contributed by atoms with van der Waals surface area (Å²) < 4.78 is 76.6. The smallest absolute Gasteiger partial charge is 0.404 e. The second kappa shape index (κ2) is 6.91. The van der Waals surface area contributed by atoms with Gasteiger partial charge in [-0.2, -0.15) is 13.2 Å². The molecule has 0 saturated carbocycles.